The van der Waals surface area contributed by atoms with Crippen LogP contribution in [0.25, 0.3) is 0 Å². The molecule has 0 aliphatic heterocycles. The maximum atomic E-state index is 10.8. The minimum Gasteiger partial charge on any atom is -0.355 e. The number of carbonyl (C=O) groups excluding carboxylic acids is 1. The van der Waals surface area contributed by atoms with Crippen LogP contribution in [0.2, 0.25) is 0 Å². The van der Waals surface area contributed by atoms with Gasteiger partial charge >= 0.3 is 0 Å². The highest BCUT2D eigenvalue weighted by atomic mass is 35.5. The van der Waals surface area contributed by atoms with Crippen LogP contribution in [0.1, 0.15) is 18.4 Å². The molecule has 1 aromatic rings. The highest BCUT2D eigenvalue weighted by Crippen LogP contribution is 2.13. The lowest BCUT2D eigenvalue weighted by Gasteiger charge is -2.03. The van der Waals surface area contributed by atoms with Crippen LogP contribution in [0.5, 0.6) is 0 Å². The zero-order valence-electron chi connectivity index (χ0n) is 10.5. The number of aryl methyl sites for hydroxylation is 1. The molecule has 0 heterocycles. The largest absolute Gasteiger partial charge is 0.355 e. The van der Waals surface area contributed by atoms with Crippen LogP contribution in [-0.2, 0) is 11.2 Å². The predicted molar refractivity (Wildman–Crippen MR) is 75.3 cm³/mol. The van der Waals surface area contributed by atoms with Gasteiger partial charge in [0.25, 0.3) is 5.69 Å². The number of nitro benzene ring substituents is 1. The number of nitrogens with one attached hydrogen (secondary N) is 1. The van der Waals surface area contributed by atoms with E-state index in [1.807, 2.05) is 0 Å². The standard InChI is InChI=1S/C12H17N3O3.ClH/c13-9-12(16)14-8-2-1-3-10-4-6-11(7-5-10)15(17)18;/h4-7H,1-3,8-9,13H2,(H,14,16);1H. The lowest BCUT2D eigenvalue weighted by molar-refractivity contribution is -0.384. The summed E-state index contributed by atoms with van der Waals surface area (Å²) in [4.78, 5) is 20.9. The van der Waals surface area contributed by atoms with Gasteiger partial charge in [-0.25, -0.2) is 0 Å². The van der Waals surface area contributed by atoms with E-state index >= 15 is 0 Å². The van der Waals surface area contributed by atoms with Gasteiger partial charge in [0.15, 0.2) is 0 Å². The van der Waals surface area contributed by atoms with E-state index in [9.17, 15) is 14.9 Å². The summed E-state index contributed by atoms with van der Waals surface area (Å²) in [6.45, 7) is 0.630. The number of benzene rings is 1. The Morgan fingerprint density at radius 1 is 1.26 bits per heavy atom. The van der Waals surface area contributed by atoms with Gasteiger partial charge in [0.1, 0.15) is 0 Å². The quantitative estimate of drug-likeness (QED) is 0.450. The smallest absolute Gasteiger partial charge is 0.269 e. The molecule has 0 unspecified atom stereocenters. The molecule has 0 bridgehead atoms. The Kier molecular flexibility index (Phi) is 8.48. The molecule has 1 aromatic carbocycles. The monoisotopic (exact) mass is 287 g/mol. The second-order valence-corrected chi connectivity index (χ2v) is 3.93. The van der Waals surface area contributed by atoms with Crippen LogP contribution in [0, 0.1) is 10.1 Å². The third kappa shape index (κ3) is 6.73. The van der Waals surface area contributed by atoms with Crippen molar-refractivity contribution in [3.05, 3.63) is 39.9 Å². The van der Waals surface area contributed by atoms with Crippen molar-refractivity contribution >= 4 is 24.0 Å². The first-order valence-electron chi connectivity index (χ1n) is 5.83. The summed E-state index contributed by atoms with van der Waals surface area (Å²) in [7, 11) is 0. The number of hydrogen-bond donors (Lipinski definition) is 2. The summed E-state index contributed by atoms with van der Waals surface area (Å²) in [5.74, 6) is -0.148. The van der Waals surface area contributed by atoms with Gasteiger partial charge in [-0.05, 0) is 24.8 Å². The van der Waals surface area contributed by atoms with Crippen LogP contribution in [0.15, 0.2) is 24.3 Å². The zero-order chi connectivity index (χ0) is 13.4. The molecule has 0 fully saturated rings. The van der Waals surface area contributed by atoms with Crippen LogP contribution in [-0.4, -0.2) is 23.9 Å². The van der Waals surface area contributed by atoms with Crippen LogP contribution < -0.4 is 11.1 Å². The number of nitrogens with zero attached hydrogens (tertiary/aromatic N) is 1. The van der Waals surface area contributed by atoms with Gasteiger partial charge in [-0.15, -0.1) is 12.4 Å². The normalized spacial score (nSPS) is 9.53. The lowest BCUT2D eigenvalue weighted by atomic mass is 10.1. The van der Waals surface area contributed by atoms with Crippen LogP contribution in [0.3, 0.4) is 0 Å². The van der Waals surface area contributed by atoms with E-state index in [4.69, 9.17) is 5.73 Å². The van der Waals surface area contributed by atoms with Gasteiger partial charge in [0.2, 0.25) is 5.91 Å². The van der Waals surface area contributed by atoms with Crippen molar-refractivity contribution in [1.82, 2.24) is 5.32 Å². The van der Waals surface area contributed by atoms with Gasteiger partial charge in [0, 0.05) is 18.7 Å². The Labute approximate surface area is 117 Å². The van der Waals surface area contributed by atoms with E-state index in [0.29, 0.717) is 6.54 Å². The first-order valence-corrected chi connectivity index (χ1v) is 5.83. The van der Waals surface area contributed by atoms with E-state index in [0.717, 1.165) is 24.8 Å². The minimum atomic E-state index is -0.411. The number of carbonyl (C=O) groups is 1. The fourth-order valence-corrected chi connectivity index (χ4v) is 1.54. The van der Waals surface area contributed by atoms with E-state index in [1.165, 1.54) is 12.1 Å². The third-order valence-corrected chi connectivity index (χ3v) is 2.55. The van der Waals surface area contributed by atoms with Crippen molar-refractivity contribution in [1.29, 1.82) is 0 Å². The molecule has 0 saturated heterocycles. The Morgan fingerprint density at radius 2 is 1.89 bits per heavy atom. The summed E-state index contributed by atoms with van der Waals surface area (Å²) in [5, 5.41) is 13.1. The van der Waals surface area contributed by atoms with Crippen LogP contribution in [0.4, 0.5) is 5.69 Å². The topological polar surface area (TPSA) is 98.3 Å². The number of rotatable bonds is 7. The molecule has 0 atom stereocenters. The molecule has 106 valence electrons. The molecule has 3 N–H and O–H groups in total. The number of nitrogens with two attached hydrogens (primary N) is 1. The van der Waals surface area contributed by atoms with E-state index < -0.39 is 4.92 Å². The Balaban J connectivity index is 0.00000324. The number of non-ortho nitro benzene ring substituents is 1. The van der Waals surface area contributed by atoms with Gasteiger partial charge in [-0.3, -0.25) is 14.9 Å². The number of amides is 1. The zero-order valence-corrected chi connectivity index (χ0v) is 11.3. The highest BCUT2D eigenvalue weighted by Gasteiger charge is 2.03. The molecule has 6 nitrogen and oxygen atoms in total. The molecule has 19 heavy (non-hydrogen) atoms. The van der Waals surface area contributed by atoms with E-state index in [-0.39, 0.29) is 30.5 Å². The molecule has 1 rings (SSSR count). The Bertz CT molecular complexity index is 409. The van der Waals surface area contributed by atoms with Crippen molar-refractivity contribution in [2.45, 2.75) is 19.3 Å². The van der Waals surface area contributed by atoms with E-state index in [2.05, 4.69) is 5.32 Å². The van der Waals surface area contributed by atoms with Crippen molar-refractivity contribution < 1.29 is 9.72 Å². The van der Waals surface area contributed by atoms with Crippen molar-refractivity contribution in [2.24, 2.45) is 5.73 Å². The molecule has 1 amide bonds. The number of unbranched alkanes of at least 4 members (excludes halogenated alkanes) is 1. The first kappa shape index (κ1) is 17.3. The summed E-state index contributed by atoms with van der Waals surface area (Å²) in [6.07, 6.45) is 2.63. The third-order valence-electron chi connectivity index (χ3n) is 2.55. The summed E-state index contributed by atoms with van der Waals surface area (Å²) < 4.78 is 0. The minimum absolute atomic E-state index is 0. The van der Waals surface area contributed by atoms with Gasteiger partial charge in [-0.2, -0.15) is 0 Å². The molecule has 0 spiro atoms. The highest BCUT2D eigenvalue weighted by molar-refractivity contribution is 5.85. The van der Waals surface area contributed by atoms with Gasteiger partial charge in [-0.1, -0.05) is 12.1 Å². The van der Waals surface area contributed by atoms with Gasteiger partial charge in [0.05, 0.1) is 11.5 Å². The van der Waals surface area contributed by atoms with Crippen molar-refractivity contribution in [3.63, 3.8) is 0 Å². The molecular formula is C12H18ClN3O3. The molecule has 0 aliphatic carbocycles. The van der Waals surface area contributed by atoms with Crippen molar-refractivity contribution in [3.8, 4) is 0 Å². The number of nitro groups is 1. The Hall–Kier alpha value is -1.66. The van der Waals surface area contributed by atoms with E-state index in [1.54, 1.807) is 12.1 Å². The SMILES string of the molecule is Cl.NCC(=O)NCCCCc1ccc([N+](=O)[O-])cc1. The number of hydrogen-bond acceptors (Lipinski definition) is 4. The molecule has 0 saturated carbocycles. The number of halogens is 1. The second-order valence-electron chi connectivity index (χ2n) is 3.93. The lowest BCUT2D eigenvalue weighted by Crippen LogP contribution is -2.30. The summed E-state index contributed by atoms with van der Waals surface area (Å²) in [6, 6.07) is 6.53. The fourth-order valence-electron chi connectivity index (χ4n) is 1.54. The molecule has 0 aromatic heterocycles. The molecular weight excluding hydrogens is 270 g/mol. The molecule has 7 heteroatoms. The first-order chi connectivity index (χ1) is 8.63. The maximum absolute atomic E-state index is 10.8. The average molecular weight is 288 g/mol. The van der Waals surface area contributed by atoms with Crippen molar-refractivity contribution in [2.75, 3.05) is 13.1 Å². The Morgan fingerprint density at radius 3 is 2.42 bits per heavy atom. The predicted octanol–water partition coefficient (Wildman–Crippen LogP) is 1.41. The second kappa shape index (κ2) is 9.29. The summed E-state index contributed by atoms with van der Waals surface area (Å²) >= 11 is 0. The fraction of sp³-hybridized carbons (Fsp3) is 0.417. The maximum Gasteiger partial charge on any atom is 0.269 e. The summed E-state index contributed by atoms with van der Waals surface area (Å²) in [5.41, 5.74) is 6.32. The van der Waals surface area contributed by atoms with Crippen LogP contribution >= 0.6 is 12.4 Å². The van der Waals surface area contributed by atoms with Gasteiger partial charge < -0.3 is 11.1 Å². The molecule has 0 radical (unpaired) electrons. The average Bonchev–Trinajstić information content (AvgIpc) is 2.38. The molecule has 0 aliphatic rings.